The van der Waals surface area contributed by atoms with Gasteiger partial charge < -0.3 is 52.7 Å². The maximum Gasteiger partial charge on any atom is 0.326 e. The Bertz CT molecular complexity index is 1360. The SMILES string of the molecule is CC[C@H](C)[C@H](NC(=O)CNC(=O)[C@@H](N)CCC(=O)O)C(=O)NCC(=O)N[C@@H](CC(C)C)C(=O)N[C@@H](C)C(=O)N[C@H](C(=O)N1CCC[C@H]1C(=O)O)[C@@H](C)CC. The minimum Gasteiger partial charge on any atom is -0.481 e. The van der Waals surface area contributed by atoms with E-state index >= 15 is 0 Å². The lowest BCUT2D eigenvalue weighted by Crippen LogP contribution is -2.59. The molecule has 0 aromatic carbocycles. The summed E-state index contributed by atoms with van der Waals surface area (Å²) in [7, 11) is 0. The molecule has 54 heavy (non-hydrogen) atoms. The summed E-state index contributed by atoms with van der Waals surface area (Å²) < 4.78 is 0. The van der Waals surface area contributed by atoms with Crippen LogP contribution in [0.15, 0.2) is 0 Å². The van der Waals surface area contributed by atoms with Crippen molar-refractivity contribution in [1.82, 2.24) is 36.8 Å². The van der Waals surface area contributed by atoms with Gasteiger partial charge in [0.2, 0.25) is 41.4 Å². The van der Waals surface area contributed by atoms with Gasteiger partial charge in [0.05, 0.1) is 19.1 Å². The van der Waals surface area contributed by atoms with Crippen LogP contribution in [0.1, 0.15) is 93.4 Å². The van der Waals surface area contributed by atoms with Crippen LogP contribution in [-0.4, -0.2) is 124 Å². The molecule has 0 unspecified atom stereocenters. The molecule has 0 bridgehead atoms. The highest BCUT2D eigenvalue weighted by Gasteiger charge is 2.40. The van der Waals surface area contributed by atoms with Gasteiger partial charge in [-0.25, -0.2) is 4.79 Å². The summed E-state index contributed by atoms with van der Waals surface area (Å²) in [5.74, 6) is -7.78. The van der Waals surface area contributed by atoms with E-state index < -0.39 is 103 Å². The van der Waals surface area contributed by atoms with Crippen LogP contribution in [0.4, 0.5) is 0 Å². The van der Waals surface area contributed by atoms with Crippen molar-refractivity contribution in [2.75, 3.05) is 19.6 Å². The molecule has 8 atom stereocenters. The Morgan fingerprint density at radius 1 is 0.722 bits per heavy atom. The lowest BCUT2D eigenvalue weighted by atomic mass is 9.97. The quantitative estimate of drug-likeness (QED) is 0.0579. The number of nitrogens with zero attached hydrogens (tertiary/aromatic N) is 1. The van der Waals surface area contributed by atoms with E-state index in [4.69, 9.17) is 10.8 Å². The minimum absolute atomic E-state index is 0.0768. The summed E-state index contributed by atoms with van der Waals surface area (Å²) in [6.07, 6.45) is 1.53. The molecule has 306 valence electrons. The first-order chi connectivity index (χ1) is 25.2. The van der Waals surface area contributed by atoms with Gasteiger partial charge in [0.15, 0.2) is 0 Å². The fourth-order valence-corrected chi connectivity index (χ4v) is 5.67. The summed E-state index contributed by atoms with van der Waals surface area (Å²) in [5.41, 5.74) is 5.65. The standard InChI is InChI=1S/C35H60N8O11/c1-8-19(5)28(41-26(45)17-37-31(49)22(36)12-13-27(46)47)33(51)38-16-25(44)40-23(15-18(3)4)32(50)39-21(7)30(48)42-29(20(6)9-2)34(52)43-14-10-11-24(43)35(53)54/h18-24,28-29H,8-17,36H2,1-7H3,(H,37,49)(H,38,51)(H,39,50)(H,40,44)(H,41,45)(H,42,48)(H,46,47)(H,53,54)/t19-,20-,21-,22-,23-,24-,28-,29-/m0/s1. The van der Waals surface area contributed by atoms with Gasteiger partial charge in [0, 0.05) is 13.0 Å². The first-order valence-electron chi connectivity index (χ1n) is 18.5. The molecule has 1 aliphatic rings. The van der Waals surface area contributed by atoms with Crippen molar-refractivity contribution in [2.45, 2.75) is 130 Å². The summed E-state index contributed by atoms with van der Waals surface area (Å²) >= 11 is 0. The van der Waals surface area contributed by atoms with Crippen molar-refractivity contribution in [2.24, 2.45) is 23.5 Å². The molecule has 10 N–H and O–H groups in total. The Balaban J connectivity index is 2.86. The van der Waals surface area contributed by atoms with Crippen LogP contribution in [-0.2, 0) is 43.2 Å². The molecule has 1 heterocycles. The zero-order valence-electron chi connectivity index (χ0n) is 32.4. The molecule has 19 heteroatoms. The molecule has 0 aliphatic carbocycles. The van der Waals surface area contributed by atoms with Crippen LogP contribution in [0.3, 0.4) is 0 Å². The zero-order chi connectivity index (χ0) is 41.3. The maximum absolute atomic E-state index is 13.4. The number of aliphatic carboxylic acids is 2. The molecule has 0 saturated carbocycles. The van der Waals surface area contributed by atoms with Crippen molar-refractivity contribution in [3.8, 4) is 0 Å². The molecule has 7 amide bonds. The van der Waals surface area contributed by atoms with Gasteiger partial charge in [-0.1, -0.05) is 54.4 Å². The Morgan fingerprint density at radius 3 is 1.81 bits per heavy atom. The average Bonchev–Trinajstić information content (AvgIpc) is 3.62. The largest absolute Gasteiger partial charge is 0.481 e. The molecule has 0 aromatic heterocycles. The second kappa shape index (κ2) is 23.1. The Morgan fingerprint density at radius 2 is 1.28 bits per heavy atom. The van der Waals surface area contributed by atoms with Gasteiger partial charge in [-0.05, 0) is 50.4 Å². The molecular formula is C35H60N8O11. The molecular weight excluding hydrogens is 708 g/mol. The van der Waals surface area contributed by atoms with E-state index in [1.54, 1.807) is 20.8 Å². The van der Waals surface area contributed by atoms with Gasteiger partial charge in [0.25, 0.3) is 0 Å². The van der Waals surface area contributed by atoms with E-state index in [0.717, 1.165) is 0 Å². The Hall–Kier alpha value is -4.81. The molecule has 1 fully saturated rings. The van der Waals surface area contributed by atoms with Crippen LogP contribution in [0.2, 0.25) is 0 Å². The molecule has 0 radical (unpaired) electrons. The van der Waals surface area contributed by atoms with E-state index in [1.165, 1.54) is 11.8 Å². The van der Waals surface area contributed by atoms with E-state index in [2.05, 4.69) is 31.9 Å². The van der Waals surface area contributed by atoms with Gasteiger partial charge in [0.1, 0.15) is 30.2 Å². The topological polar surface area (TPSA) is 296 Å². The van der Waals surface area contributed by atoms with Gasteiger partial charge >= 0.3 is 11.9 Å². The molecule has 0 spiro atoms. The van der Waals surface area contributed by atoms with Gasteiger partial charge in [-0.3, -0.25) is 38.4 Å². The minimum atomic E-state index is -1.14. The predicted octanol–water partition coefficient (Wildman–Crippen LogP) is -1.42. The summed E-state index contributed by atoms with van der Waals surface area (Å²) in [6, 6.07) is -6.47. The summed E-state index contributed by atoms with van der Waals surface area (Å²) in [5, 5.41) is 33.4. The third-order valence-corrected chi connectivity index (χ3v) is 9.37. The van der Waals surface area contributed by atoms with Crippen molar-refractivity contribution in [3.05, 3.63) is 0 Å². The van der Waals surface area contributed by atoms with Crippen molar-refractivity contribution < 1.29 is 53.4 Å². The van der Waals surface area contributed by atoms with E-state index in [9.17, 15) is 48.3 Å². The van der Waals surface area contributed by atoms with Crippen molar-refractivity contribution in [1.29, 1.82) is 0 Å². The summed E-state index contributed by atoms with van der Waals surface area (Å²) in [4.78, 5) is 114. The average molecular weight is 769 g/mol. The third kappa shape index (κ3) is 15.7. The number of nitrogens with two attached hydrogens (primary N) is 1. The van der Waals surface area contributed by atoms with Crippen LogP contribution < -0.4 is 37.6 Å². The number of amides is 7. The highest BCUT2D eigenvalue weighted by Crippen LogP contribution is 2.21. The molecule has 1 rings (SSSR count). The second-order valence-electron chi connectivity index (χ2n) is 14.3. The Labute approximate surface area is 316 Å². The van der Waals surface area contributed by atoms with Crippen LogP contribution >= 0.6 is 0 Å². The van der Waals surface area contributed by atoms with Crippen LogP contribution in [0.25, 0.3) is 0 Å². The smallest absolute Gasteiger partial charge is 0.326 e. The number of carboxylic acid groups (broad SMARTS) is 2. The number of likely N-dealkylation sites (tertiary alicyclic amines) is 1. The fraction of sp³-hybridized carbons (Fsp3) is 0.743. The number of carboxylic acids is 2. The van der Waals surface area contributed by atoms with E-state index in [1.807, 2.05) is 20.8 Å². The summed E-state index contributed by atoms with van der Waals surface area (Å²) in [6.45, 7) is 11.3. The van der Waals surface area contributed by atoms with E-state index in [0.29, 0.717) is 25.7 Å². The van der Waals surface area contributed by atoms with Crippen LogP contribution in [0, 0.1) is 17.8 Å². The highest BCUT2D eigenvalue weighted by atomic mass is 16.4. The number of hydrogen-bond donors (Lipinski definition) is 9. The van der Waals surface area contributed by atoms with Gasteiger partial charge in [-0.2, -0.15) is 0 Å². The highest BCUT2D eigenvalue weighted by molar-refractivity contribution is 5.96. The number of carbonyl (C=O) groups excluding carboxylic acids is 7. The number of nitrogens with one attached hydrogen (secondary N) is 6. The second-order valence-corrected chi connectivity index (χ2v) is 14.3. The lowest BCUT2D eigenvalue weighted by molar-refractivity contribution is -0.150. The molecule has 0 aromatic rings. The van der Waals surface area contributed by atoms with E-state index in [-0.39, 0.29) is 43.6 Å². The number of hydrogen-bond acceptors (Lipinski definition) is 10. The fourth-order valence-electron chi connectivity index (χ4n) is 5.67. The first-order valence-corrected chi connectivity index (χ1v) is 18.5. The number of carbonyl (C=O) groups is 9. The molecule has 1 aliphatic heterocycles. The van der Waals surface area contributed by atoms with Crippen molar-refractivity contribution in [3.63, 3.8) is 0 Å². The zero-order valence-corrected chi connectivity index (χ0v) is 32.4. The third-order valence-electron chi connectivity index (χ3n) is 9.37. The number of rotatable bonds is 23. The van der Waals surface area contributed by atoms with Crippen molar-refractivity contribution >= 4 is 53.3 Å². The van der Waals surface area contributed by atoms with Crippen LogP contribution in [0.5, 0.6) is 0 Å². The predicted molar refractivity (Wildman–Crippen MR) is 195 cm³/mol. The normalized spacial score (nSPS) is 17.8. The molecule has 19 nitrogen and oxygen atoms in total. The Kier molecular flexibility index (Phi) is 20.2. The maximum atomic E-state index is 13.4. The monoisotopic (exact) mass is 768 g/mol. The van der Waals surface area contributed by atoms with Gasteiger partial charge in [-0.15, -0.1) is 0 Å². The molecule has 1 saturated heterocycles. The first kappa shape index (κ1) is 47.2. The lowest BCUT2D eigenvalue weighted by Gasteiger charge is -2.31.